The van der Waals surface area contributed by atoms with Crippen LogP contribution in [0.25, 0.3) is 17.0 Å². The Morgan fingerprint density at radius 3 is 2.62 bits per heavy atom. The molecule has 0 aliphatic heterocycles. The van der Waals surface area contributed by atoms with Crippen LogP contribution in [-0.4, -0.2) is 32.1 Å². The van der Waals surface area contributed by atoms with Gasteiger partial charge >= 0.3 is 0 Å². The number of anilines is 4. The number of para-hydroxylation sites is 3. The molecule has 6 heteroatoms. The molecule has 0 atom stereocenters. The number of fused-ring (bicyclic) bond motifs is 2. The molecule has 37 heavy (non-hydrogen) atoms. The van der Waals surface area contributed by atoms with Gasteiger partial charge in [0.1, 0.15) is 5.75 Å². The molecule has 0 saturated carbocycles. The van der Waals surface area contributed by atoms with Crippen LogP contribution in [0.2, 0.25) is 0 Å². The van der Waals surface area contributed by atoms with Crippen molar-refractivity contribution in [3.8, 4) is 5.75 Å². The van der Waals surface area contributed by atoms with E-state index >= 15 is 0 Å². The summed E-state index contributed by atoms with van der Waals surface area (Å²) >= 11 is 0. The zero-order valence-corrected chi connectivity index (χ0v) is 21.5. The van der Waals surface area contributed by atoms with Gasteiger partial charge in [-0.25, -0.2) is 0 Å². The number of amides is 1. The molecule has 0 saturated heterocycles. The molecular weight excluding hydrogens is 460 g/mol. The third-order valence-electron chi connectivity index (χ3n) is 6.73. The first-order valence-corrected chi connectivity index (χ1v) is 12.6. The van der Waals surface area contributed by atoms with Crippen LogP contribution in [0, 0.1) is 0 Å². The molecule has 5 rings (SSSR count). The van der Waals surface area contributed by atoms with Gasteiger partial charge in [0.2, 0.25) is 5.91 Å². The van der Waals surface area contributed by atoms with Gasteiger partial charge in [-0.2, -0.15) is 0 Å². The van der Waals surface area contributed by atoms with Crippen molar-refractivity contribution in [2.75, 3.05) is 36.7 Å². The number of methoxy groups -OCH3 is 1. The first-order valence-electron chi connectivity index (χ1n) is 12.6. The van der Waals surface area contributed by atoms with Crippen molar-refractivity contribution >= 4 is 45.6 Å². The molecule has 4 aromatic rings. The SMILES string of the molecule is COc1ccccc1Nc1c2c(nc3ccc(NC(=O)/C=C/c4ccccc4N(C)C)cc13)CCCC2. The molecule has 1 aliphatic carbocycles. The molecule has 0 fully saturated rings. The van der Waals surface area contributed by atoms with Crippen molar-refractivity contribution in [2.45, 2.75) is 25.7 Å². The maximum Gasteiger partial charge on any atom is 0.248 e. The zero-order valence-electron chi connectivity index (χ0n) is 21.5. The van der Waals surface area contributed by atoms with E-state index in [0.717, 1.165) is 76.3 Å². The summed E-state index contributed by atoms with van der Waals surface area (Å²) in [5.41, 5.74) is 8.01. The van der Waals surface area contributed by atoms with E-state index in [1.165, 1.54) is 5.56 Å². The number of hydrogen-bond acceptors (Lipinski definition) is 5. The van der Waals surface area contributed by atoms with Gasteiger partial charge in [0.05, 0.1) is 24.0 Å². The highest BCUT2D eigenvalue weighted by molar-refractivity contribution is 6.05. The quantitative estimate of drug-likeness (QED) is 0.285. The summed E-state index contributed by atoms with van der Waals surface area (Å²) in [5.74, 6) is 0.600. The smallest absolute Gasteiger partial charge is 0.248 e. The molecular formula is C31H32N4O2. The van der Waals surface area contributed by atoms with Crippen LogP contribution < -0.4 is 20.3 Å². The molecule has 1 amide bonds. The number of benzene rings is 3. The predicted octanol–water partition coefficient (Wildman–Crippen LogP) is 6.58. The molecule has 1 aliphatic rings. The fourth-order valence-corrected chi connectivity index (χ4v) is 4.91. The van der Waals surface area contributed by atoms with Gasteiger partial charge in [-0.15, -0.1) is 0 Å². The Balaban J connectivity index is 1.48. The van der Waals surface area contributed by atoms with Gasteiger partial charge in [0.15, 0.2) is 0 Å². The zero-order chi connectivity index (χ0) is 25.8. The topological polar surface area (TPSA) is 66.5 Å². The number of carbonyl (C=O) groups excluding carboxylic acids is 1. The third kappa shape index (κ3) is 5.28. The van der Waals surface area contributed by atoms with Crippen molar-refractivity contribution in [2.24, 2.45) is 0 Å². The summed E-state index contributed by atoms with van der Waals surface area (Å²) in [6, 6.07) is 21.8. The van der Waals surface area contributed by atoms with E-state index in [-0.39, 0.29) is 5.91 Å². The molecule has 6 nitrogen and oxygen atoms in total. The minimum absolute atomic E-state index is 0.182. The van der Waals surface area contributed by atoms with Crippen molar-refractivity contribution in [1.82, 2.24) is 4.98 Å². The summed E-state index contributed by atoms with van der Waals surface area (Å²) in [7, 11) is 5.66. The number of rotatable bonds is 7. The molecule has 188 valence electrons. The van der Waals surface area contributed by atoms with Crippen molar-refractivity contribution in [1.29, 1.82) is 0 Å². The molecule has 0 unspecified atom stereocenters. The fraction of sp³-hybridized carbons (Fsp3) is 0.226. The van der Waals surface area contributed by atoms with E-state index in [9.17, 15) is 4.79 Å². The lowest BCUT2D eigenvalue weighted by atomic mass is 9.92. The number of aryl methyl sites for hydroxylation is 1. The second-order valence-corrected chi connectivity index (χ2v) is 9.45. The Bertz CT molecular complexity index is 1480. The molecule has 0 spiro atoms. The summed E-state index contributed by atoms with van der Waals surface area (Å²) in [5, 5.41) is 7.65. The highest BCUT2D eigenvalue weighted by atomic mass is 16.5. The van der Waals surface area contributed by atoms with E-state index in [2.05, 4.69) is 10.6 Å². The van der Waals surface area contributed by atoms with Crippen LogP contribution in [0.15, 0.2) is 72.8 Å². The number of nitrogens with one attached hydrogen (secondary N) is 2. The van der Waals surface area contributed by atoms with Gasteiger partial charge in [0.25, 0.3) is 0 Å². The standard InChI is InChI=1S/C31H32N4O2/c1-35(2)28-14-8-4-10-21(28)16-19-30(36)32-22-17-18-26-24(20-22)31(23-11-5-6-12-25(23)33-26)34-27-13-7-9-15-29(27)37-3/h4,7-10,13-20H,5-6,11-12H2,1-3H3,(H,32,36)(H,33,34)/b19-16+. The summed E-state index contributed by atoms with van der Waals surface area (Å²) in [4.78, 5) is 19.8. The van der Waals surface area contributed by atoms with Crippen LogP contribution in [0.4, 0.5) is 22.7 Å². The largest absolute Gasteiger partial charge is 0.495 e. The van der Waals surface area contributed by atoms with Gasteiger partial charge in [-0.1, -0.05) is 30.3 Å². The number of pyridine rings is 1. The molecule has 0 radical (unpaired) electrons. The predicted molar refractivity (Wildman–Crippen MR) is 153 cm³/mol. The number of ether oxygens (including phenoxy) is 1. The molecule has 2 N–H and O–H groups in total. The second-order valence-electron chi connectivity index (χ2n) is 9.45. The maximum atomic E-state index is 12.8. The molecule has 0 bridgehead atoms. The van der Waals surface area contributed by atoms with Gasteiger partial charge < -0.3 is 20.3 Å². The second kappa shape index (κ2) is 10.7. The van der Waals surface area contributed by atoms with E-state index in [1.54, 1.807) is 13.2 Å². The average molecular weight is 493 g/mol. The summed E-state index contributed by atoms with van der Waals surface area (Å²) < 4.78 is 5.59. The Labute approximate surface area is 218 Å². The Morgan fingerprint density at radius 1 is 1.00 bits per heavy atom. The van der Waals surface area contributed by atoms with Gasteiger partial charge in [-0.05, 0) is 79.3 Å². The van der Waals surface area contributed by atoms with E-state index in [4.69, 9.17) is 9.72 Å². The Kier molecular flexibility index (Phi) is 7.08. The minimum atomic E-state index is -0.182. The van der Waals surface area contributed by atoms with Crippen LogP contribution >= 0.6 is 0 Å². The summed E-state index contributed by atoms with van der Waals surface area (Å²) in [6.07, 6.45) is 7.65. The van der Waals surface area contributed by atoms with E-state index in [1.807, 2.05) is 91.8 Å². The molecule has 1 heterocycles. The van der Waals surface area contributed by atoms with Crippen molar-refractivity contribution in [3.63, 3.8) is 0 Å². The molecule has 1 aromatic heterocycles. The number of aromatic nitrogens is 1. The highest BCUT2D eigenvalue weighted by Gasteiger charge is 2.19. The summed E-state index contributed by atoms with van der Waals surface area (Å²) in [6.45, 7) is 0. The van der Waals surface area contributed by atoms with Gasteiger partial charge in [-0.3, -0.25) is 9.78 Å². The maximum absolute atomic E-state index is 12.8. The van der Waals surface area contributed by atoms with Crippen molar-refractivity contribution in [3.05, 3.63) is 89.6 Å². The third-order valence-corrected chi connectivity index (χ3v) is 6.73. The van der Waals surface area contributed by atoms with Crippen LogP contribution in [0.5, 0.6) is 5.75 Å². The normalized spacial score (nSPS) is 12.8. The van der Waals surface area contributed by atoms with Crippen LogP contribution in [0.1, 0.15) is 29.7 Å². The fourth-order valence-electron chi connectivity index (χ4n) is 4.91. The first kappa shape index (κ1) is 24.4. The lowest BCUT2D eigenvalue weighted by Gasteiger charge is -2.23. The van der Waals surface area contributed by atoms with Crippen molar-refractivity contribution < 1.29 is 9.53 Å². The number of carbonyl (C=O) groups is 1. The van der Waals surface area contributed by atoms with Gasteiger partial charge in [0, 0.05) is 42.6 Å². The Morgan fingerprint density at radius 2 is 1.78 bits per heavy atom. The molecule has 3 aromatic carbocycles. The lowest BCUT2D eigenvalue weighted by Crippen LogP contribution is -2.11. The monoisotopic (exact) mass is 492 g/mol. The van der Waals surface area contributed by atoms with E-state index < -0.39 is 0 Å². The van der Waals surface area contributed by atoms with E-state index in [0.29, 0.717) is 0 Å². The number of hydrogen-bond donors (Lipinski definition) is 2. The minimum Gasteiger partial charge on any atom is -0.495 e. The average Bonchev–Trinajstić information content (AvgIpc) is 2.92. The highest BCUT2D eigenvalue weighted by Crippen LogP contribution is 2.38. The first-order chi connectivity index (χ1) is 18.0. The lowest BCUT2D eigenvalue weighted by molar-refractivity contribution is -0.111. The Hall–Kier alpha value is -4.32. The van der Waals surface area contributed by atoms with Crippen LogP contribution in [-0.2, 0) is 17.6 Å². The number of nitrogens with zero attached hydrogens (tertiary/aromatic N) is 2. The van der Waals surface area contributed by atoms with Crippen LogP contribution in [0.3, 0.4) is 0 Å².